The maximum absolute atomic E-state index is 12.4. The van der Waals surface area contributed by atoms with Crippen LogP contribution in [0.4, 0.5) is 0 Å². The Morgan fingerprint density at radius 1 is 1.25 bits per heavy atom. The summed E-state index contributed by atoms with van der Waals surface area (Å²) in [6.45, 7) is 3.85. The van der Waals surface area contributed by atoms with Gasteiger partial charge in [-0.25, -0.2) is 13.1 Å². The summed E-state index contributed by atoms with van der Waals surface area (Å²) in [5, 5.41) is 3.72. The number of nitrogens with one attached hydrogen (secondary N) is 1. The molecule has 1 heterocycles. The average molecular weight is 298 g/mol. The molecule has 0 aliphatic heterocycles. The van der Waals surface area contributed by atoms with Crippen LogP contribution < -0.4 is 4.72 Å². The maximum atomic E-state index is 12.4. The second-order valence-electron chi connectivity index (χ2n) is 6.20. The van der Waals surface area contributed by atoms with Gasteiger partial charge in [0, 0.05) is 6.54 Å². The van der Waals surface area contributed by atoms with Crippen LogP contribution in [-0.4, -0.2) is 20.1 Å². The average Bonchev–Trinajstić information content (AvgIpc) is 3.03. The van der Waals surface area contributed by atoms with E-state index in [-0.39, 0.29) is 4.90 Å². The van der Waals surface area contributed by atoms with Gasteiger partial charge in [-0.15, -0.1) is 0 Å². The van der Waals surface area contributed by atoms with Gasteiger partial charge in [0.1, 0.15) is 10.6 Å². The molecule has 2 aliphatic rings. The standard InChI is InChI=1S/C14H22N2O3S/c1-9-14(10(2)19-16-9)20(17,18)15-8-12-7-6-11-4-3-5-13(11)12/h11-13,15H,3-8H2,1-2H3/t11-,12+,13-/m0/s1. The molecule has 0 radical (unpaired) electrons. The van der Waals surface area contributed by atoms with E-state index < -0.39 is 10.0 Å². The molecule has 1 aromatic heterocycles. The third-order valence-corrected chi connectivity index (χ3v) is 6.67. The summed E-state index contributed by atoms with van der Waals surface area (Å²) in [7, 11) is -3.50. The Balaban J connectivity index is 1.69. The lowest BCUT2D eigenvalue weighted by Gasteiger charge is -2.18. The predicted octanol–water partition coefficient (Wildman–Crippen LogP) is 2.40. The highest BCUT2D eigenvalue weighted by Crippen LogP contribution is 2.47. The lowest BCUT2D eigenvalue weighted by atomic mass is 9.92. The Bertz CT molecular complexity index is 574. The summed E-state index contributed by atoms with van der Waals surface area (Å²) in [6.07, 6.45) is 6.32. The fraction of sp³-hybridized carbons (Fsp3) is 0.786. The van der Waals surface area contributed by atoms with Gasteiger partial charge in [0.2, 0.25) is 10.0 Å². The van der Waals surface area contributed by atoms with Crippen molar-refractivity contribution in [3.8, 4) is 0 Å². The van der Waals surface area contributed by atoms with Gasteiger partial charge in [-0.1, -0.05) is 18.0 Å². The summed E-state index contributed by atoms with van der Waals surface area (Å²) in [6, 6.07) is 0. The van der Waals surface area contributed by atoms with Gasteiger partial charge in [0.15, 0.2) is 5.76 Å². The number of sulfonamides is 1. The van der Waals surface area contributed by atoms with Crippen LogP contribution in [0.1, 0.15) is 43.6 Å². The van der Waals surface area contributed by atoms with Crippen LogP contribution in [0.2, 0.25) is 0 Å². The fourth-order valence-electron chi connectivity index (χ4n) is 4.09. The van der Waals surface area contributed by atoms with Crippen molar-refractivity contribution in [3.05, 3.63) is 11.5 Å². The first-order valence-electron chi connectivity index (χ1n) is 7.41. The molecule has 0 spiro atoms. The topological polar surface area (TPSA) is 72.2 Å². The van der Waals surface area contributed by atoms with Crippen molar-refractivity contribution in [1.82, 2.24) is 9.88 Å². The molecule has 112 valence electrons. The van der Waals surface area contributed by atoms with E-state index >= 15 is 0 Å². The molecule has 0 aromatic carbocycles. The number of nitrogens with zero attached hydrogens (tertiary/aromatic N) is 1. The van der Waals surface area contributed by atoms with E-state index in [1.807, 2.05) is 0 Å². The zero-order valence-electron chi connectivity index (χ0n) is 12.1. The third-order valence-electron chi connectivity index (χ3n) is 5.00. The summed E-state index contributed by atoms with van der Waals surface area (Å²) >= 11 is 0. The fourth-order valence-corrected chi connectivity index (χ4v) is 5.51. The van der Waals surface area contributed by atoms with Crippen LogP contribution in [-0.2, 0) is 10.0 Å². The molecule has 20 heavy (non-hydrogen) atoms. The van der Waals surface area contributed by atoms with Gasteiger partial charge < -0.3 is 4.52 Å². The minimum Gasteiger partial charge on any atom is -0.360 e. The molecule has 0 amide bonds. The number of rotatable bonds is 4. The Labute approximate surface area is 120 Å². The zero-order chi connectivity index (χ0) is 14.3. The largest absolute Gasteiger partial charge is 0.360 e. The Hall–Kier alpha value is -0.880. The number of aromatic nitrogens is 1. The number of aryl methyl sites for hydroxylation is 2. The summed E-state index contributed by atoms with van der Waals surface area (Å²) in [5.74, 6) is 2.42. The Morgan fingerprint density at radius 2 is 2.05 bits per heavy atom. The van der Waals surface area contributed by atoms with Crippen molar-refractivity contribution in [2.24, 2.45) is 17.8 Å². The summed E-state index contributed by atoms with van der Waals surface area (Å²) < 4.78 is 32.5. The molecule has 2 fully saturated rings. The molecule has 0 unspecified atom stereocenters. The second-order valence-corrected chi connectivity index (χ2v) is 7.90. The van der Waals surface area contributed by atoms with Gasteiger partial charge in [0.25, 0.3) is 0 Å². The number of fused-ring (bicyclic) bond motifs is 1. The van der Waals surface area contributed by atoms with Gasteiger partial charge in [0.05, 0.1) is 0 Å². The second kappa shape index (κ2) is 5.15. The molecule has 5 nitrogen and oxygen atoms in total. The van der Waals surface area contributed by atoms with Crippen LogP contribution >= 0.6 is 0 Å². The van der Waals surface area contributed by atoms with Crippen molar-refractivity contribution in [2.75, 3.05) is 6.54 Å². The minimum atomic E-state index is -3.50. The van der Waals surface area contributed by atoms with Crippen molar-refractivity contribution in [2.45, 2.75) is 50.8 Å². The van der Waals surface area contributed by atoms with Crippen LogP contribution in [0.3, 0.4) is 0 Å². The molecule has 2 saturated carbocycles. The highest BCUT2D eigenvalue weighted by molar-refractivity contribution is 7.89. The molecule has 1 N–H and O–H groups in total. The summed E-state index contributed by atoms with van der Waals surface area (Å²) in [4.78, 5) is 0.207. The van der Waals surface area contributed by atoms with E-state index in [1.54, 1.807) is 13.8 Å². The molecule has 0 saturated heterocycles. The molecular weight excluding hydrogens is 276 g/mol. The molecule has 3 rings (SSSR count). The van der Waals surface area contributed by atoms with Crippen molar-refractivity contribution < 1.29 is 12.9 Å². The lowest BCUT2D eigenvalue weighted by molar-refractivity contribution is 0.351. The van der Waals surface area contributed by atoms with Crippen LogP contribution in [0.25, 0.3) is 0 Å². The molecule has 0 bridgehead atoms. The smallest absolute Gasteiger partial charge is 0.245 e. The van der Waals surface area contributed by atoms with Crippen molar-refractivity contribution >= 4 is 10.0 Å². The highest BCUT2D eigenvalue weighted by Gasteiger charge is 2.39. The first-order chi connectivity index (χ1) is 9.49. The van der Waals surface area contributed by atoms with Gasteiger partial charge in [-0.2, -0.15) is 0 Å². The minimum absolute atomic E-state index is 0.207. The molecule has 1 aromatic rings. The molecule has 6 heteroatoms. The zero-order valence-corrected chi connectivity index (χ0v) is 12.9. The Kier molecular flexibility index (Phi) is 3.62. The van der Waals surface area contributed by atoms with Gasteiger partial charge in [-0.3, -0.25) is 0 Å². The predicted molar refractivity (Wildman–Crippen MR) is 74.7 cm³/mol. The first-order valence-corrected chi connectivity index (χ1v) is 8.90. The maximum Gasteiger partial charge on any atom is 0.245 e. The van der Waals surface area contributed by atoms with Crippen molar-refractivity contribution in [1.29, 1.82) is 0 Å². The van der Waals surface area contributed by atoms with Crippen molar-refractivity contribution in [3.63, 3.8) is 0 Å². The summed E-state index contributed by atoms with van der Waals surface area (Å²) in [5.41, 5.74) is 0.431. The monoisotopic (exact) mass is 298 g/mol. The van der Waals surface area contributed by atoms with E-state index in [0.717, 1.165) is 18.3 Å². The van der Waals surface area contributed by atoms with E-state index in [0.29, 0.717) is 23.9 Å². The first kappa shape index (κ1) is 14.1. The highest BCUT2D eigenvalue weighted by atomic mass is 32.2. The van der Waals surface area contributed by atoms with Crippen LogP contribution in [0, 0.1) is 31.6 Å². The van der Waals surface area contributed by atoms with E-state index in [9.17, 15) is 8.42 Å². The van der Waals surface area contributed by atoms with Crippen LogP contribution in [0.5, 0.6) is 0 Å². The third kappa shape index (κ3) is 2.39. The number of hydrogen-bond acceptors (Lipinski definition) is 4. The van der Waals surface area contributed by atoms with E-state index in [1.165, 1.54) is 25.7 Å². The SMILES string of the molecule is Cc1noc(C)c1S(=O)(=O)NC[C@H]1CC[C@@H]2CCC[C@@H]21. The van der Waals surface area contributed by atoms with Crippen LogP contribution in [0.15, 0.2) is 9.42 Å². The molecule has 3 atom stereocenters. The van der Waals surface area contributed by atoms with Gasteiger partial charge in [-0.05, 0) is 50.9 Å². The molecule has 2 aliphatic carbocycles. The van der Waals surface area contributed by atoms with E-state index in [4.69, 9.17) is 4.52 Å². The number of hydrogen-bond donors (Lipinski definition) is 1. The van der Waals surface area contributed by atoms with Gasteiger partial charge >= 0.3 is 0 Å². The quantitative estimate of drug-likeness (QED) is 0.926. The molecular formula is C14H22N2O3S. The van der Waals surface area contributed by atoms with E-state index in [2.05, 4.69) is 9.88 Å². The Morgan fingerprint density at radius 3 is 2.75 bits per heavy atom. The normalized spacial score (nSPS) is 29.8. The lowest BCUT2D eigenvalue weighted by Crippen LogP contribution is -2.31.